The van der Waals surface area contributed by atoms with E-state index < -0.39 is 0 Å². The third kappa shape index (κ3) is 1.33. The number of ether oxygens (including phenoxy) is 1. The van der Waals surface area contributed by atoms with Gasteiger partial charge in [-0.25, -0.2) is 0 Å². The molecule has 1 aromatic heterocycles. The maximum Gasteiger partial charge on any atom is 0.243 e. The Morgan fingerprint density at radius 1 is 1.57 bits per heavy atom. The van der Waals surface area contributed by atoms with E-state index in [2.05, 4.69) is 10.1 Å². The Morgan fingerprint density at radius 2 is 2.29 bits per heavy atom. The van der Waals surface area contributed by atoms with E-state index in [1.165, 1.54) is 0 Å². The van der Waals surface area contributed by atoms with Gasteiger partial charge in [0.15, 0.2) is 0 Å². The van der Waals surface area contributed by atoms with Crippen LogP contribution in [0.4, 0.5) is 0 Å². The highest BCUT2D eigenvalue weighted by Crippen LogP contribution is 2.42. The topological polar surface area (TPSA) is 74.2 Å². The van der Waals surface area contributed by atoms with Crippen LogP contribution in [0.5, 0.6) is 0 Å². The average molecular weight is 197 g/mol. The summed E-state index contributed by atoms with van der Waals surface area (Å²) in [7, 11) is 1.68. The summed E-state index contributed by atoms with van der Waals surface area (Å²) < 4.78 is 10.5. The van der Waals surface area contributed by atoms with E-state index in [1.807, 2.05) is 6.92 Å². The summed E-state index contributed by atoms with van der Waals surface area (Å²) in [6, 6.07) is -0.217. The van der Waals surface area contributed by atoms with E-state index in [1.54, 1.807) is 7.11 Å². The van der Waals surface area contributed by atoms with E-state index in [0.29, 0.717) is 11.7 Å². The van der Waals surface area contributed by atoms with E-state index in [9.17, 15) is 0 Å². The lowest BCUT2D eigenvalue weighted by atomic mass is 9.79. The minimum atomic E-state index is -0.309. The monoisotopic (exact) mass is 197 g/mol. The van der Waals surface area contributed by atoms with Gasteiger partial charge in [0, 0.05) is 7.11 Å². The van der Waals surface area contributed by atoms with Gasteiger partial charge < -0.3 is 15.0 Å². The van der Waals surface area contributed by atoms with Gasteiger partial charge >= 0.3 is 0 Å². The molecule has 1 saturated carbocycles. The maximum atomic E-state index is 5.63. The van der Waals surface area contributed by atoms with Crippen molar-refractivity contribution in [1.29, 1.82) is 0 Å². The summed E-state index contributed by atoms with van der Waals surface area (Å²) in [5.74, 6) is 1.11. The van der Waals surface area contributed by atoms with E-state index in [4.69, 9.17) is 15.0 Å². The Labute approximate surface area is 82.6 Å². The molecule has 1 atom stereocenters. The van der Waals surface area contributed by atoms with Crippen molar-refractivity contribution in [2.45, 2.75) is 37.8 Å². The standard InChI is InChI=1S/C9H15N3O2/c1-6(10)7-11-8(12-14-7)9(13-2)4-3-5-9/h6H,3-5,10H2,1-2H3/t6-/m1/s1. The molecule has 2 rings (SSSR count). The summed E-state index contributed by atoms with van der Waals surface area (Å²) >= 11 is 0. The van der Waals surface area contributed by atoms with Crippen molar-refractivity contribution in [3.05, 3.63) is 11.7 Å². The van der Waals surface area contributed by atoms with Gasteiger partial charge in [-0.15, -0.1) is 0 Å². The second kappa shape index (κ2) is 3.33. The molecule has 0 spiro atoms. The Morgan fingerprint density at radius 3 is 2.64 bits per heavy atom. The largest absolute Gasteiger partial charge is 0.370 e. The molecular weight excluding hydrogens is 182 g/mol. The molecule has 1 aliphatic rings. The average Bonchev–Trinajstić information content (AvgIpc) is 2.52. The Bertz CT molecular complexity index is 312. The van der Waals surface area contributed by atoms with Crippen molar-refractivity contribution in [2.24, 2.45) is 5.73 Å². The molecule has 5 heteroatoms. The fourth-order valence-corrected chi connectivity index (χ4v) is 1.62. The van der Waals surface area contributed by atoms with Crippen LogP contribution in [0.3, 0.4) is 0 Å². The zero-order valence-corrected chi connectivity index (χ0v) is 8.49. The van der Waals surface area contributed by atoms with Gasteiger partial charge in [-0.3, -0.25) is 0 Å². The third-order valence-corrected chi connectivity index (χ3v) is 2.79. The zero-order valence-electron chi connectivity index (χ0n) is 8.49. The Kier molecular flexibility index (Phi) is 2.28. The van der Waals surface area contributed by atoms with Gasteiger partial charge in [0.2, 0.25) is 11.7 Å². The predicted octanol–water partition coefficient (Wildman–Crippen LogP) is 1.11. The first-order valence-corrected chi connectivity index (χ1v) is 4.83. The predicted molar refractivity (Wildman–Crippen MR) is 49.4 cm³/mol. The molecule has 0 unspecified atom stereocenters. The van der Waals surface area contributed by atoms with Crippen LogP contribution in [0.1, 0.15) is 43.9 Å². The van der Waals surface area contributed by atoms with Gasteiger partial charge in [-0.1, -0.05) is 5.16 Å². The molecule has 2 N–H and O–H groups in total. The minimum Gasteiger partial charge on any atom is -0.370 e. The van der Waals surface area contributed by atoms with Crippen LogP contribution in [0.25, 0.3) is 0 Å². The van der Waals surface area contributed by atoms with E-state index >= 15 is 0 Å². The molecule has 78 valence electrons. The van der Waals surface area contributed by atoms with E-state index in [-0.39, 0.29) is 11.6 Å². The molecule has 0 saturated heterocycles. The lowest BCUT2D eigenvalue weighted by Gasteiger charge is -2.37. The number of methoxy groups -OCH3 is 1. The van der Waals surface area contributed by atoms with Crippen molar-refractivity contribution in [3.63, 3.8) is 0 Å². The first-order valence-electron chi connectivity index (χ1n) is 4.83. The van der Waals surface area contributed by atoms with Crippen LogP contribution < -0.4 is 5.73 Å². The van der Waals surface area contributed by atoms with Crippen LogP contribution >= 0.6 is 0 Å². The summed E-state index contributed by atoms with van der Waals surface area (Å²) in [6.45, 7) is 1.82. The summed E-state index contributed by atoms with van der Waals surface area (Å²) in [6.07, 6.45) is 3.07. The highest BCUT2D eigenvalue weighted by atomic mass is 16.5. The highest BCUT2D eigenvalue weighted by Gasteiger charge is 2.43. The van der Waals surface area contributed by atoms with E-state index in [0.717, 1.165) is 19.3 Å². The normalized spacial score (nSPS) is 21.6. The van der Waals surface area contributed by atoms with Crippen LogP contribution in [-0.4, -0.2) is 17.3 Å². The zero-order chi connectivity index (χ0) is 10.2. The highest BCUT2D eigenvalue weighted by molar-refractivity contribution is 5.07. The number of hydrogen-bond acceptors (Lipinski definition) is 5. The quantitative estimate of drug-likeness (QED) is 0.785. The summed E-state index contributed by atoms with van der Waals surface area (Å²) in [5, 5.41) is 3.91. The molecule has 0 amide bonds. The molecule has 1 fully saturated rings. The second-order valence-electron chi connectivity index (χ2n) is 3.80. The maximum absolute atomic E-state index is 5.63. The molecule has 0 bridgehead atoms. The lowest BCUT2D eigenvalue weighted by molar-refractivity contribution is -0.0858. The first kappa shape index (κ1) is 9.61. The number of nitrogens with two attached hydrogens (primary N) is 1. The second-order valence-corrected chi connectivity index (χ2v) is 3.80. The van der Waals surface area contributed by atoms with Crippen molar-refractivity contribution in [3.8, 4) is 0 Å². The lowest BCUT2D eigenvalue weighted by Crippen LogP contribution is -2.37. The minimum absolute atomic E-state index is 0.217. The summed E-state index contributed by atoms with van der Waals surface area (Å²) in [5.41, 5.74) is 5.33. The molecule has 0 aromatic carbocycles. The smallest absolute Gasteiger partial charge is 0.243 e. The van der Waals surface area contributed by atoms with Gasteiger partial charge in [0.25, 0.3) is 0 Å². The fraction of sp³-hybridized carbons (Fsp3) is 0.778. The van der Waals surface area contributed by atoms with Crippen molar-refractivity contribution in [1.82, 2.24) is 10.1 Å². The van der Waals surface area contributed by atoms with Crippen LogP contribution in [-0.2, 0) is 10.3 Å². The number of aromatic nitrogens is 2. The molecule has 0 radical (unpaired) electrons. The molecule has 1 aromatic rings. The molecular formula is C9H15N3O2. The first-order chi connectivity index (χ1) is 6.68. The third-order valence-electron chi connectivity index (χ3n) is 2.79. The van der Waals surface area contributed by atoms with Gasteiger partial charge in [-0.2, -0.15) is 4.98 Å². The SMILES string of the molecule is COC1(c2noc([C@@H](C)N)n2)CCC1. The van der Waals surface area contributed by atoms with Gasteiger partial charge in [0.1, 0.15) is 5.60 Å². The van der Waals surface area contributed by atoms with Crippen molar-refractivity contribution in [2.75, 3.05) is 7.11 Å². The molecule has 1 heterocycles. The van der Waals surface area contributed by atoms with Crippen LogP contribution in [0.15, 0.2) is 4.52 Å². The molecule has 5 nitrogen and oxygen atoms in total. The van der Waals surface area contributed by atoms with Crippen LogP contribution in [0, 0.1) is 0 Å². The summed E-state index contributed by atoms with van der Waals surface area (Å²) in [4.78, 5) is 4.25. The molecule has 14 heavy (non-hydrogen) atoms. The Hall–Kier alpha value is -0.940. The number of hydrogen-bond donors (Lipinski definition) is 1. The molecule has 0 aliphatic heterocycles. The fourth-order valence-electron chi connectivity index (χ4n) is 1.62. The van der Waals surface area contributed by atoms with Gasteiger partial charge in [-0.05, 0) is 26.2 Å². The van der Waals surface area contributed by atoms with Crippen molar-refractivity contribution < 1.29 is 9.26 Å². The van der Waals surface area contributed by atoms with Crippen LogP contribution in [0.2, 0.25) is 0 Å². The van der Waals surface area contributed by atoms with Gasteiger partial charge in [0.05, 0.1) is 6.04 Å². The Balaban J connectivity index is 2.23. The number of nitrogens with zero attached hydrogens (tertiary/aromatic N) is 2. The molecule has 1 aliphatic carbocycles. The van der Waals surface area contributed by atoms with Crippen molar-refractivity contribution >= 4 is 0 Å². The number of rotatable bonds is 3.